The molecular weight excluding hydrogens is 426 g/mol. The Balaban J connectivity index is 1.43. The number of ether oxygens (including phenoxy) is 1. The van der Waals surface area contributed by atoms with E-state index in [1.807, 2.05) is 92.7 Å². The molecule has 1 aliphatic heterocycles. The van der Waals surface area contributed by atoms with Crippen molar-refractivity contribution < 1.29 is 9.53 Å². The minimum absolute atomic E-state index is 0.185. The molecule has 0 fully saturated rings. The molecule has 1 aliphatic rings. The van der Waals surface area contributed by atoms with Gasteiger partial charge in [0.25, 0.3) is 5.91 Å². The zero-order valence-corrected chi connectivity index (χ0v) is 19.0. The van der Waals surface area contributed by atoms with E-state index in [-0.39, 0.29) is 5.91 Å². The van der Waals surface area contributed by atoms with Gasteiger partial charge in [0.2, 0.25) is 5.95 Å². The third-order valence-electron chi connectivity index (χ3n) is 5.88. The van der Waals surface area contributed by atoms with Gasteiger partial charge < -0.3 is 15.4 Å². The van der Waals surface area contributed by atoms with Gasteiger partial charge in [-0.1, -0.05) is 60.7 Å². The number of allylic oxidation sites excluding steroid dienone is 1. The fourth-order valence-electron chi connectivity index (χ4n) is 4.08. The van der Waals surface area contributed by atoms with Crippen LogP contribution in [0.15, 0.2) is 96.5 Å². The van der Waals surface area contributed by atoms with Crippen molar-refractivity contribution in [1.29, 1.82) is 0 Å². The molecule has 0 saturated carbocycles. The zero-order chi connectivity index (χ0) is 23.5. The summed E-state index contributed by atoms with van der Waals surface area (Å²) >= 11 is 0. The number of rotatable bonds is 6. The fraction of sp³-hybridized carbons (Fsp3) is 0.148. The van der Waals surface area contributed by atoms with Gasteiger partial charge in [-0.3, -0.25) is 4.79 Å². The van der Waals surface area contributed by atoms with Gasteiger partial charge in [0, 0.05) is 11.4 Å². The highest BCUT2D eigenvalue weighted by Crippen LogP contribution is 2.36. The fourth-order valence-corrected chi connectivity index (χ4v) is 4.08. The summed E-state index contributed by atoms with van der Waals surface area (Å²) < 4.78 is 7.67. The van der Waals surface area contributed by atoms with Crippen molar-refractivity contribution in [3.05, 3.63) is 113 Å². The van der Waals surface area contributed by atoms with Crippen LogP contribution in [0.25, 0.3) is 0 Å². The van der Waals surface area contributed by atoms with Gasteiger partial charge in [-0.15, -0.1) is 0 Å². The van der Waals surface area contributed by atoms with Crippen LogP contribution in [0.2, 0.25) is 0 Å². The molecule has 2 N–H and O–H groups in total. The predicted octanol–water partition coefficient (Wildman–Crippen LogP) is 5.09. The second-order valence-electron chi connectivity index (χ2n) is 8.21. The van der Waals surface area contributed by atoms with Crippen molar-refractivity contribution in [2.24, 2.45) is 0 Å². The molecule has 5 rings (SSSR count). The summed E-state index contributed by atoms with van der Waals surface area (Å²) in [4.78, 5) is 17.8. The Bertz CT molecular complexity index is 1340. The molecule has 1 unspecified atom stereocenters. The quantitative estimate of drug-likeness (QED) is 0.427. The van der Waals surface area contributed by atoms with E-state index in [4.69, 9.17) is 4.74 Å². The lowest BCUT2D eigenvalue weighted by Crippen LogP contribution is -2.31. The minimum Gasteiger partial charge on any atom is -0.489 e. The van der Waals surface area contributed by atoms with E-state index in [1.54, 1.807) is 4.68 Å². The van der Waals surface area contributed by atoms with Gasteiger partial charge in [-0.25, -0.2) is 4.68 Å². The lowest BCUT2D eigenvalue weighted by Gasteiger charge is -2.29. The van der Waals surface area contributed by atoms with E-state index in [0.29, 0.717) is 18.1 Å². The molecule has 1 amide bonds. The highest BCUT2D eigenvalue weighted by molar-refractivity contribution is 6.06. The Morgan fingerprint density at radius 2 is 1.74 bits per heavy atom. The number of nitrogens with one attached hydrogen (secondary N) is 2. The van der Waals surface area contributed by atoms with Gasteiger partial charge >= 0.3 is 0 Å². The highest BCUT2D eigenvalue weighted by atomic mass is 16.5. The van der Waals surface area contributed by atoms with Crippen molar-refractivity contribution in [2.75, 3.05) is 10.6 Å². The van der Waals surface area contributed by atoms with Crippen LogP contribution in [-0.2, 0) is 11.4 Å². The maximum absolute atomic E-state index is 13.5. The number of para-hydroxylation sites is 1. The lowest BCUT2D eigenvalue weighted by molar-refractivity contribution is -0.113. The zero-order valence-electron chi connectivity index (χ0n) is 19.0. The molecule has 170 valence electrons. The summed E-state index contributed by atoms with van der Waals surface area (Å²) in [6.45, 7) is 4.34. The highest BCUT2D eigenvalue weighted by Gasteiger charge is 2.33. The third-order valence-corrected chi connectivity index (χ3v) is 5.88. The predicted molar refractivity (Wildman–Crippen MR) is 132 cm³/mol. The molecule has 7 nitrogen and oxygen atoms in total. The first-order valence-corrected chi connectivity index (χ1v) is 11.1. The molecule has 7 heteroatoms. The van der Waals surface area contributed by atoms with Gasteiger partial charge in [-0.2, -0.15) is 10.1 Å². The van der Waals surface area contributed by atoms with Crippen molar-refractivity contribution in [3.63, 3.8) is 0 Å². The maximum atomic E-state index is 13.5. The van der Waals surface area contributed by atoms with Crippen molar-refractivity contribution in [2.45, 2.75) is 26.5 Å². The topological polar surface area (TPSA) is 81.1 Å². The second kappa shape index (κ2) is 9.23. The number of nitrogens with zero attached hydrogens (tertiary/aromatic N) is 3. The van der Waals surface area contributed by atoms with Crippen molar-refractivity contribution >= 4 is 17.5 Å². The Kier molecular flexibility index (Phi) is 5.82. The van der Waals surface area contributed by atoms with E-state index in [2.05, 4.69) is 20.7 Å². The van der Waals surface area contributed by atoms with E-state index in [9.17, 15) is 4.79 Å². The van der Waals surface area contributed by atoms with E-state index < -0.39 is 6.04 Å². The first-order chi connectivity index (χ1) is 16.6. The summed E-state index contributed by atoms with van der Waals surface area (Å²) in [5.41, 5.74) is 5.11. The number of fused-ring (bicyclic) bond motifs is 1. The molecule has 0 saturated heterocycles. The Morgan fingerprint density at radius 3 is 2.50 bits per heavy atom. The molecule has 4 aromatic rings. The number of carbonyl (C=O) groups excluding carboxylic acids is 1. The smallest absolute Gasteiger partial charge is 0.255 e. The van der Waals surface area contributed by atoms with Crippen LogP contribution in [0.3, 0.4) is 0 Å². The lowest BCUT2D eigenvalue weighted by atomic mass is 9.95. The van der Waals surface area contributed by atoms with Crippen molar-refractivity contribution in [1.82, 2.24) is 14.8 Å². The molecule has 34 heavy (non-hydrogen) atoms. The Morgan fingerprint density at radius 1 is 1.00 bits per heavy atom. The Labute approximate surface area is 198 Å². The molecule has 0 bridgehead atoms. The normalized spacial score (nSPS) is 14.8. The van der Waals surface area contributed by atoms with Crippen LogP contribution in [0.4, 0.5) is 11.6 Å². The van der Waals surface area contributed by atoms with Crippen LogP contribution in [-0.4, -0.2) is 20.7 Å². The standard InChI is InChI=1S/C27H25N5O2/c1-18-8-6-7-11-23(18)31-26(33)24-19(2)30-27-28-17-29-32(27)25(24)21-12-14-22(15-13-21)34-16-20-9-4-3-5-10-20/h3-15,17,25H,16H2,1-2H3,(H,31,33)(H,28,29,30). The molecule has 3 aromatic carbocycles. The molecule has 1 aromatic heterocycles. The first-order valence-electron chi connectivity index (χ1n) is 11.1. The van der Waals surface area contributed by atoms with E-state index in [1.165, 1.54) is 6.33 Å². The van der Waals surface area contributed by atoms with E-state index >= 15 is 0 Å². The number of benzene rings is 3. The molecule has 0 aliphatic carbocycles. The summed E-state index contributed by atoms with van der Waals surface area (Å²) in [6.07, 6.45) is 1.49. The van der Waals surface area contributed by atoms with Crippen LogP contribution < -0.4 is 15.4 Å². The van der Waals surface area contributed by atoms with Crippen LogP contribution in [0.5, 0.6) is 5.75 Å². The monoisotopic (exact) mass is 451 g/mol. The summed E-state index contributed by atoms with van der Waals surface area (Å²) in [5.74, 6) is 1.17. The van der Waals surface area contributed by atoms with Crippen molar-refractivity contribution in [3.8, 4) is 5.75 Å². The molecule has 2 heterocycles. The number of carbonyl (C=O) groups is 1. The average molecular weight is 452 g/mol. The van der Waals surface area contributed by atoms with Gasteiger partial charge in [0.1, 0.15) is 24.7 Å². The molecule has 1 atom stereocenters. The largest absolute Gasteiger partial charge is 0.489 e. The van der Waals surface area contributed by atoms with E-state index in [0.717, 1.165) is 33.8 Å². The van der Waals surface area contributed by atoms with Crippen LogP contribution in [0, 0.1) is 6.92 Å². The number of anilines is 2. The number of aryl methyl sites for hydroxylation is 1. The number of hydrogen-bond acceptors (Lipinski definition) is 5. The second-order valence-corrected chi connectivity index (χ2v) is 8.21. The average Bonchev–Trinajstić information content (AvgIpc) is 3.32. The molecule has 0 radical (unpaired) electrons. The maximum Gasteiger partial charge on any atom is 0.255 e. The summed E-state index contributed by atoms with van der Waals surface area (Å²) in [6, 6.07) is 25.1. The van der Waals surface area contributed by atoms with Gasteiger partial charge in [0.15, 0.2) is 0 Å². The Hall–Kier alpha value is -4.39. The molecule has 0 spiro atoms. The summed E-state index contributed by atoms with van der Waals surface area (Å²) in [7, 11) is 0. The van der Waals surface area contributed by atoms with Crippen LogP contribution in [0.1, 0.15) is 29.7 Å². The SMILES string of the molecule is CC1=C(C(=O)Nc2ccccc2C)C(c2ccc(OCc3ccccc3)cc2)n2ncnc2N1. The summed E-state index contributed by atoms with van der Waals surface area (Å²) in [5, 5.41) is 10.7. The van der Waals surface area contributed by atoms with Crippen LogP contribution >= 0.6 is 0 Å². The number of hydrogen-bond donors (Lipinski definition) is 2. The van der Waals surface area contributed by atoms with Gasteiger partial charge in [-0.05, 0) is 48.7 Å². The molecular formula is C27H25N5O2. The minimum atomic E-state index is -0.425. The number of amides is 1. The first kappa shape index (κ1) is 21.5. The number of aromatic nitrogens is 3. The third kappa shape index (κ3) is 4.28. The van der Waals surface area contributed by atoms with Gasteiger partial charge in [0.05, 0.1) is 5.57 Å².